The molecule has 0 saturated heterocycles. The standard InChI is InChI=1S/C15H24N4O2S/c1-3-16-15(17-10-12-8-9-12)18-11-13-6-4-5-7-14(13)19-22(2,20)21/h4-7,12,19H,3,8-11H2,1-2H3,(H2,16,17,18). The van der Waals surface area contributed by atoms with Crippen molar-refractivity contribution in [1.82, 2.24) is 10.6 Å². The summed E-state index contributed by atoms with van der Waals surface area (Å²) in [5.74, 6) is 1.53. The molecule has 0 unspecified atom stereocenters. The van der Waals surface area contributed by atoms with Gasteiger partial charge >= 0.3 is 0 Å². The number of rotatable bonds is 7. The van der Waals surface area contributed by atoms with Crippen molar-refractivity contribution in [3.63, 3.8) is 0 Å². The van der Waals surface area contributed by atoms with E-state index < -0.39 is 10.0 Å². The van der Waals surface area contributed by atoms with Crippen LogP contribution in [-0.2, 0) is 16.6 Å². The molecule has 1 aliphatic carbocycles. The predicted molar refractivity (Wildman–Crippen MR) is 90.5 cm³/mol. The summed E-state index contributed by atoms with van der Waals surface area (Å²) in [6, 6.07) is 7.30. The van der Waals surface area contributed by atoms with Crippen molar-refractivity contribution in [3.8, 4) is 0 Å². The fourth-order valence-electron chi connectivity index (χ4n) is 2.03. The van der Waals surface area contributed by atoms with Crippen LogP contribution in [0.2, 0.25) is 0 Å². The summed E-state index contributed by atoms with van der Waals surface area (Å²) in [6.45, 7) is 4.17. The molecule has 7 heteroatoms. The number of hydrogen-bond acceptors (Lipinski definition) is 3. The van der Waals surface area contributed by atoms with Crippen LogP contribution in [-0.4, -0.2) is 33.7 Å². The molecule has 0 amide bonds. The van der Waals surface area contributed by atoms with E-state index in [9.17, 15) is 8.42 Å². The number of sulfonamides is 1. The molecule has 1 aliphatic rings. The largest absolute Gasteiger partial charge is 0.357 e. The summed E-state index contributed by atoms with van der Waals surface area (Å²) in [5, 5.41) is 6.52. The monoisotopic (exact) mass is 324 g/mol. The van der Waals surface area contributed by atoms with E-state index in [1.165, 1.54) is 12.8 Å². The number of aliphatic imine (C=N–C) groups is 1. The number of nitrogens with zero attached hydrogens (tertiary/aromatic N) is 1. The molecule has 0 atom stereocenters. The molecule has 2 rings (SSSR count). The van der Waals surface area contributed by atoms with E-state index in [0.29, 0.717) is 12.2 Å². The lowest BCUT2D eigenvalue weighted by Gasteiger charge is -2.12. The van der Waals surface area contributed by atoms with Crippen LogP contribution in [0.1, 0.15) is 25.3 Å². The highest BCUT2D eigenvalue weighted by atomic mass is 32.2. The lowest BCUT2D eigenvalue weighted by Crippen LogP contribution is -2.38. The zero-order chi connectivity index (χ0) is 16.0. The number of guanidine groups is 1. The lowest BCUT2D eigenvalue weighted by molar-refractivity contribution is 0.606. The number of benzene rings is 1. The summed E-state index contributed by atoms with van der Waals surface area (Å²) >= 11 is 0. The Morgan fingerprint density at radius 1 is 1.27 bits per heavy atom. The summed E-state index contributed by atoms with van der Waals surface area (Å²) in [5.41, 5.74) is 1.42. The van der Waals surface area contributed by atoms with E-state index in [0.717, 1.165) is 36.8 Å². The van der Waals surface area contributed by atoms with Gasteiger partial charge in [-0.1, -0.05) is 18.2 Å². The SMILES string of the molecule is CCNC(=NCc1ccccc1NS(C)(=O)=O)NCC1CC1. The number of nitrogens with one attached hydrogen (secondary N) is 3. The third-order valence-electron chi connectivity index (χ3n) is 3.32. The molecule has 0 spiro atoms. The Morgan fingerprint density at radius 2 is 2.00 bits per heavy atom. The Balaban J connectivity index is 2.04. The first-order valence-corrected chi connectivity index (χ1v) is 9.45. The van der Waals surface area contributed by atoms with Crippen LogP contribution >= 0.6 is 0 Å². The third-order valence-corrected chi connectivity index (χ3v) is 3.91. The van der Waals surface area contributed by atoms with Crippen LogP contribution < -0.4 is 15.4 Å². The molecular weight excluding hydrogens is 300 g/mol. The van der Waals surface area contributed by atoms with Crippen molar-refractivity contribution in [2.45, 2.75) is 26.3 Å². The van der Waals surface area contributed by atoms with E-state index in [1.807, 2.05) is 19.1 Å². The Morgan fingerprint density at radius 3 is 2.64 bits per heavy atom. The van der Waals surface area contributed by atoms with Gasteiger partial charge in [0.05, 0.1) is 18.5 Å². The number of anilines is 1. The topological polar surface area (TPSA) is 82.6 Å². The minimum absolute atomic E-state index is 0.415. The van der Waals surface area contributed by atoms with E-state index in [4.69, 9.17) is 0 Å². The molecule has 3 N–H and O–H groups in total. The van der Waals surface area contributed by atoms with Crippen molar-refractivity contribution in [3.05, 3.63) is 29.8 Å². The summed E-state index contributed by atoms with van der Waals surface area (Å²) in [4.78, 5) is 4.53. The highest BCUT2D eigenvalue weighted by molar-refractivity contribution is 7.92. The van der Waals surface area contributed by atoms with Crippen molar-refractivity contribution >= 4 is 21.7 Å². The smallest absolute Gasteiger partial charge is 0.229 e. The van der Waals surface area contributed by atoms with Gasteiger partial charge < -0.3 is 10.6 Å². The maximum atomic E-state index is 11.4. The van der Waals surface area contributed by atoms with Gasteiger partial charge in [0.2, 0.25) is 10.0 Å². The first-order chi connectivity index (χ1) is 10.5. The van der Waals surface area contributed by atoms with Crippen LogP contribution in [0.3, 0.4) is 0 Å². The molecular formula is C15H24N4O2S. The summed E-state index contributed by atoms with van der Waals surface area (Å²) in [6.07, 6.45) is 3.72. The first-order valence-electron chi connectivity index (χ1n) is 7.56. The van der Waals surface area contributed by atoms with Crippen LogP contribution in [0.5, 0.6) is 0 Å². The second kappa shape index (κ2) is 7.49. The van der Waals surface area contributed by atoms with Crippen LogP contribution in [0.25, 0.3) is 0 Å². The maximum Gasteiger partial charge on any atom is 0.229 e. The van der Waals surface area contributed by atoms with Gasteiger partial charge in [0.25, 0.3) is 0 Å². The number of para-hydroxylation sites is 1. The molecule has 0 radical (unpaired) electrons. The number of hydrogen-bond donors (Lipinski definition) is 3. The highest BCUT2D eigenvalue weighted by Crippen LogP contribution is 2.27. The van der Waals surface area contributed by atoms with Crippen molar-refractivity contribution in [2.75, 3.05) is 24.1 Å². The molecule has 1 aromatic carbocycles. The Kier molecular flexibility index (Phi) is 5.65. The molecule has 0 aliphatic heterocycles. The Labute approximate surface area is 132 Å². The van der Waals surface area contributed by atoms with Gasteiger partial charge in [-0.2, -0.15) is 0 Å². The van der Waals surface area contributed by atoms with E-state index in [2.05, 4.69) is 20.3 Å². The van der Waals surface area contributed by atoms with Gasteiger partial charge in [-0.25, -0.2) is 13.4 Å². The fourth-order valence-corrected chi connectivity index (χ4v) is 2.63. The summed E-state index contributed by atoms with van der Waals surface area (Å²) < 4.78 is 25.3. The molecule has 0 bridgehead atoms. The zero-order valence-corrected chi connectivity index (χ0v) is 13.9. The quantitative estimate of drug-likeness (QED) is 0.525. The second-order valence-electron chi connectivity index (χ2n) is 5.55. The predicted octanol–water partition coefficient (Wildman–Crippen LogP) is 1.52. The van der Waals surface area contributed by atoms with E-state index in [1.54, 1.807) is 12.1 Å². The molecule has 0 heterocycles. The van der Waals surface area contributed by atoms with Gasteiger partial charge in [0, 0.05) is 13.1 Å². The van der Waals surface area contributed by atoms with Gasteiger partial charge in [0.1, 0.15) is 0 Å². The molecule has 6 nitrogen and oxygen atoms in total. The van der Waals surface area contributed by atoms with Gasteiger partial charge in [-0.3, -0.25) is 4.72 Å². The minimum atomic E-state index is -3.29. The van der Waals surface area contributed by atoms with Crippen molar-refractivity contribution in [1.29, 1.82) is 0 Å². The summed E-state index contributed by atoms with van der Waals surface area (Å²) in [7, 11) is -3.29. The average molecular weight is 324 g/mol. The molecule has 122 valence electrons. The zero-order valence-electron chi connectivity index (χ0n) is 13.1. The maximum absolute atomic E-state index is 11.4. The van der Waals surface area contributed by atoms with Gasteiger partial charge in [0.15, 0.2) is 5.96 Å². The van der Waals surface area contributed by atoms with Crippen LogP contribution in [0, 0.1) is 5.92 Å². The van der Waals surface area contributed by atoms with Crippen LogP contribution in [0.4, 0.5) is 5.69 Å². The molecule has 22 heavy (non-hydrogen) atoms. The van der Waals surface area contributed by atoms with Crippen LogP contribution in [0.15, 0.2) is 29.3 Å². The minimum Gasteiger partial charge on any atom is -0.357 e. The molecule has 1 fully saturated rings. The van der Waals surface area contributed by atoms with E-state index >= 15 is 0 Å². The average Bonchev–Trinajstić information content (AvgIpc) is 3.26. The molecule has 0 aromatic heterocycles. The third kappa shape index (κ3) is 5.93. The Bertz CT molecular complexity index is 624. The van der Waals surface area contributed by atoms with Crippen molar-refractivity contribution < 1.29 is 8.42 Å². The Hall–Kier alpha value is -1.76. The van der Waals surface area contributed by atoms with Gasteiger partial charge in [-0.15, -0.1) is 0 Å². The van der Waals surface area contributed by atoms with E-state index in [-0.39, 0.29) is 0 Å². The van der Waals surface area contributed by atoms with Gasteiger partial charge in [-0.05, 0) is 37.3 Å². The molecule has 1 saturated carbocycles. The van der Waals surface area contributed by atoms with Crippen molar-refractivity contribution in [2.24, 2.45) is 10.9 Å². The fraction of sp³-hybridized carbons (Fsp3) is 0.533. The first kappa shape index (κ1) is 16.6. The lowest BCUT2D eigenvalue weighted by atomic mass is 10.2. The molecule has 1 aromatic rings. The second-order valence-corrected chi connectivity index (χ2v) is 7.30. The highest BCUT2D eigenvalue weighted by Gasteiger charge is 2.21. The normalized spacial score (nSPS) is 15.5.